The van der Waals surface area contributed by atoms with E-state index in [1.54, 1.807) is 19.9 Å². The van der Waals surface area contributed by atoms with Crippen molar-refractivity contribution in [1.82, 2.24) is 4.90 Å². The van der Waals surface area contributed by atoms with E-state index in [0.717, 1.165) is 5.56 Å². The zero-order valence-corrected chi connectivity index (χ0v) is 10.4. The predicted molar refractivity (Wildman–Crippen MR) is 66.1 cm³/mol. The molecule has 0 aromatic heterocycles. The van der Waals surface area contributed by atoms with Gasteiger partial charge in [-0.1, -0.05) is 11.2 Å². The number of oxime groups is 1. The largest absolute Gasteiger partial charge is 0.409 e. The summed E-state index contributed by atoms with van der Waals surface area (Å²) in [6.45, 7) is 3.77. The fourth-order valence-corrected chi connectivity index (χ4v) is 1.52. The Labute approximate surface area is 105 Å². The Morgan fingerprint density at radius 2 is 2.22 bits per heavy atom. The molecule has 1 aromatic rings. The molecule has 6 heteroatoms. The Bertz CT molecular complexity index is 474. The maximum absolute atomic E-state index is 13.7. The molecule has 0 radical (unpaired) electrons. The Kier molecular flexibility index (Phi) is 4.65. The molecule has 1 aromatic carbocycles. The van der Waals surface area contributed by atoms with Crippen molar-refractivity contribution < 1.29 is 14.4 Å². The Morgan fingerprint density at radius 3 is 2.72 bits per heavy atom. The van der Waals surface area contributed by atoms with Gasteiger partial charge < -0.3 is 15.8 Å². The molecule has 0 saturated carbocycles. The highest BCUT2D eigenvalue weighted by Gasteiger charge is 2.18. The lowest BCUT2D eigenvalue weighted by Crippen LogP contribution is -2.38. The third-order valence-corrected chi connectivity index (χ3v) is 2.51. The van der Waals surface area contributed by atoms with Crippen LogP contribution >= 0.6 is 0 Å². The molecular formula is C12H16FN3O2. The smallest absolute Gasteiger partial charge is 0.257 e. The molecule has 5 nitrogen and oxygen atoms in total. The Morgan fingerprint density at radius 1 is 1.56 bits per heavy atom. The summed E-state index contributed by atoms with van der Waals surface area (Å²) >= 11 is 0. The SMILES string of the molecule is CCN(CC(N)=NO)C(=O)c1ccc(C)cc1F. The molecule has 18 heavy (non-hydrogen) atoms. The molecule has 3 N–H and O–H groups in total. The van der Waals surface area contributed by atoms with Crippen molar-refractivity contribution in [3.8, 4) is 0 Å². The van der Waals surface area contributed by atoms with Gasteiger partial charge in [-0.15, -0.1) is 0 Å². The van der Waals surface area contributed by atoms with Gasteiger partial charge in [-0.05, 0) is 31.5 Å². The first-order valence-electron chi connectivity index (χ1n) is 5.51. The van der Waals surface area contributed by atoms with E-state index in [1.807, 2.05) is 0 Å². The number of rotatable bonds is 4. The summed E-state index contributed by atoms with van der Waals surface area (Å²) in [4.78, 5) is 13.3. The van der Waals surface area contributed by atoms with Crippen molar-refractivity contribution >= 4 is 11.7 Å². The number of amidine groups is 1. The van der Waals surface area contributed by atoms with Crippen LogP contribution in [0.5, 0.6) is 0 Å². The third kappa shape index (κ3) is 3.19. The summed E-state index contributed by atoms with van der Waals surface area (Å²) in [5.41, 5.74) is 6.06. The van der Waals surface area contributed by atoms with E-state index in [4.69, 9.17) is 10.9 Å². The lowest BCUT2D eigenvalue weighted by molar-refractivity contribution is 0.0781. The molecule has 0 spiro atoms. The van der Waals surface area contributed by atoms with Gasteiger partial charge in [0.25, 0.3) is 5.91 Å². The molecular weight excluding hydrogens is 237 g/mol. The van der Waals surface area contributed by atoms with Crippen LogP contribution < -0.4 is 5.73 Å². The van der Waals surface area contributed by atoms with Crippen molar-refractivity contribution in [2.45, 2.75) is 13.8 Å². The summed E-state index contributed by atoms with van der Waals surface area (Å²) in [6.07, 6.45) is 0. The molecule has 0 aliphatic carbocycles. The topological polar surface area (TPSA) is 78.9 Å². The summed E-state index contributed by atoms with van der Waals surface area (Å²) < 4.78 is 13.7. The highest BCUT2D eigenvalue weighted by molar-refractivity contribution is 5.97. The quantitative estimate of drug-likeness (QED) is 0.368. The van der Waals surface area contributed by atoms with Crippen molar-refractivity contribution in [1.29, 1.82) is 0 Å². The molecule has 0 bridgehead atoms. The van der Waals surface area contributed by atoms with Gasteiger partial charge in [0.15, 0.2) is 5.84 Å². The Hall–Kier alpha value is -2.11. The van der Waals surface area contributed by atoms with Crippen LogP contribution in [0.3, 0.4) is 0 Å². The van der Waals surface area contributed by atoms with Crippen LogP contribution in [0.25, 0.3) is 0 Å². The normalized spacial score (nSPS) is 11.4. The molecule has 0 atom stereocenters. The molecule has 0 aliphatic rings. The molecule has 0 saturated heterocycles. The average Bonchev–Trinajstić information content (AvgIpc) is 2.34. The second-order valence-corrected chi connectivity index (χ2v) is 3.89. The maximum Gasteiger partial charge on any atom is 0.257 e. The van der Waals surface area contributed by atoms with Gasteiger partial charge in [0, 0.05) is 6.54 Å². The van der Waals surface area contributed by atoms with E-state index in [-0.39, 0.29) is 17.9 Å². The number of carbonyl (C=O) groups is 1. The minimum Gasteiger partial charge on any atom is -0.409 e. The van der Waals surface area contributed by atoms with Crippen LogP contribution in [0.15, 0.2) is 23.4 Å². The number of amides is 1. The van der Waals surface area contributed by atoms with Crippen molar-refractivity contribution in [2.75, 3.05) is 13.1 Å². The number of hydrogen-bond acceptors (Lipinski definition) is 3. The third-order valence-electron chi connectivity index (χ3n) is 2.51. The first kappa shape index (κ1) is 14.0. The number of benzene rings is 1. The second kappa shape index (κ2) is 6.00. The fourth-order valence-electron chi connectivity index (χ4n) is 1.52. The highest BCUT2D eigenvalue weighted by Crippen LogP contribution is 2.12. The van der Waals surface area contributed by atoms with E-state index in [9.17, 15) is 9.18 Å². The maximum atomic E-state index is 13.7. The van der Waals surface area contributed by atoms with E-state index in [1.165, 1.54) is 17.0 Å². The number of carbonyl (C=O) groups excluding carboxylic acids is 1. The standard InChI is InChI=1S/C12H16FN3O2/c1-3-16(7-11(14)15-18)12(17)9-5-4-8(2)6-10(9)13/h4-6,18H,3,7H2,1-2H3,(H2,14,15). The number of nitrogens with zero attached hydrogens (tertiary/aromatic N) is 2. The van der Waals surface area contributed by atoms with Gasteiger partial charge in [0.1, 0.15) is 5.82 Å². The van der Waals surface area contributed by atoms with Gasteiger partial charge in [-0.25, -0.2) is 4.39 Å². The van der Waals surface area contributed by atoms with Crippen molar-refractivity contribution in [3.05, 3.63) is 35.1 Å². The van der Waals surface area contributed by atoms with Crippen LogP contribution in [0, 0.1) is 12.7 Å². The molecule has 98 valence electrons. The van der Waals surface area contributed by atoms with Crippen LogP contribution in [0.4, 0.5) is 4.39 Å². The van der Waals surface area contributed by atoms with Crippen molar-refractivity contribution in [3.63, 3.8) is 0 Å². The summed E-state index contributed by atoms with van der Waals surface area (Å²) in [6, 6.07) is 4.39. The minimum absolute atomic E-state index is 0.0202. The zero-order valence-electron chi connectivity index (χ0n) is 10.4. The van der Waals surface area contributed by atoms with Gasteiger partial charge in [-0.3, -0.25) is 4.79 Å². The summed E-state index contributed by atoms with van der Waals surface area (Å²) in [7, 11) is 0. The summed E-state index contributed by atoms with van der Waals surface area (Å²) in [5, 5.41) is 11.3. The van der Waals surface area contributed by atoms with Crippen LogP contribution in [0.1, 0.15) is 22.8 Å². The van der Waals surface area contributed by atoms with Crippen molar-refractivity contribution in [2.24, 2.45) is 10.9 Å². The fraction of sp³-hybridized carbons (Fsp3) is 0.333. The second-order valence-electron chi connectivity index (χ2n) is 3.89. The number of aryl methyl sites for hydroxylation is 1. The molecule has 1 amide bonds. The van der Waals surface area contributed by atoms with E-state index in [2.05, 4.69) is 5.16 Å². The molecule has 1 rings (SSSR count). The first-order chi connectivity index (χ1) is 8.49. The monoisotopic (exact) mass is 253 g/mol. The molecule has 0 aliphatic heterocycles. The van der Waals surface area contributed by atoms with Gasteiger partial charge in [0.2, 0.25) is 0 Å². The van der Waals surface area contributed by atoms with Crippen LogP contribution in [-0.4, -0.2) is 34.9 Å². The van der Waals surface area contributed by atoms with Gasteiger partial charge in [-0.2, -0.15) is 0 Å². The van der Waals surface area contributed by atoms with E-state index in [0.29, 0.717) is 6.54 Å². The van der Waals surface area contributed by atoms with E-state index < -0.39 is 11.7 Å². The number of hydrogen-bond donors (Lipinski definition) is 2. The average molecular weight is 253 g/mol. The Balaban J connectivity index is 2.96. The van der Waals surface area contributed by atoms with Gasteiger partial charge in [0.05, 0.1) is 12.1 Å². The van der Waals surface area contributed by atoms with Crippen LogP contribution in [-0.2, 0) is 0 Å². The molecule has 0 heterocycles. The number of likely N-dealkylation sites (N-methyl/N-ethyl adjacent to an activating group) is 1. The lowest BCUT2D eigenvalue weighted by Gasteiger charge is -2.20. The highest BCUT2D eigenvalue weighted by atomic mass is 19.1. The first-order valence-corrected chi connectivity index (χ1v) is 5.51. The number of nitrogens with two attached hydrogens (primary N) is 1. The zero-order chi connectivity index (χ0) is 13.7. The molecule has 0 unspecified atom stereocenters. The van der Waals surface area contributed by atoms with Crippen LogP contribution in [0.2, 0.25) is 0 Å². The lowest BCUT2D eigenvalue weighted by atomic mass is 10.1. The molecule has 0 fully saturated rings. The van der Waals surface area contributed by atoms with E-state index >= 15 is 0 Å². The predicted octanol–water partition coefficient (Wildman–Crippen LogP) is 1.34. The van der Waals surface area contributed by atoms with Gasteiger partial charge >= 0.3 is 0 Å². The number of halogens is 1. The summed E-state index contributed by atoms with van der Waals surface area (Å²) in [5.74, 6) is -1.16. The minimum atomic E-state index is -0.571.